The van der Waals surface area contributed by atoms with Crippen LogP contribution in [-0.4, -0.2) is 15.7 Å². The third kappa shape index (κ3) is 2.69. The molecular weight excluding hydrogens is 273 g/mol. The van der Waals surface area contributed by atoms with Crippen molar-refractivity contribution in [1.29, 1.82) is 0 Å². The van der Waals surface area contributed by atoms with Crippen molar-refractivity contribution in [2.24, 2.45) is 7.05 Å². The minimum Gasteiger partial charge on any atom is -0.451 e. The first-order valence-corrected chi connectivity index (χ1v) is 6.29. The molecule has 0 unspecified atom stereocenters. The third-order valence-corrected chi connectivity index (χ3v) is 2.92. The molecule has 0 atom stereocenters. The molecule has 5 nitrogen and oxygen atoms in total. The van der Waals surface area contributed by atoms with E-state index in [1.165, 1.54) is 12.1 Å². The Labute approximate surface area is 120 Å². The standard InChI is InChI=1S/C15H12FN3O2/c1-19-9-8-14(18-19)17-15(20)13-7-6-12(21-13)10-4-2-3-5-11(10)16/h2-9H,1H3,(H,17,18,20). The molecule has 0 spiro atoms. The molecule has 0 aliphatic heterocycles. The van der Waals surface area contributed by atoms with Gasteiger partial charge in [-0.25, -0.2) is 4.39 Å². The van der Waals surface area contributed by atoms with Crippen molar-refractivity contribution in [3.05, 3.63) is 60.2 Å². The average molecular weight is 285 g/mol. The molecule has 3 rings (SSSR count). The highest BCUT2D eigenvalue weighted by atomic mass is 19.1. The fourth-order valence-electron chi connectivity index (χ4n) is 1.93. The van der Waals surface area contributed by atoms with Crippen LogP contribution in [0.3, 0.4) is 0 Å². The average Bonchev–Trinajstić information content (AvgIpc) is 3.09. The predicted molar refractivity (Wildman–Crippen MR) is 75.3 cm³/mol. The second-order valence-electron chi connectivity index (χ2n) is 4.47. The number of benzene rings is 1. The summed E-state index contributed by atoms with van der Waals surface area (Å²) in [6, 6.07) is 11.0. The van der Waals surface area contributed by atoms with Gasteiger partial charge in [0.25, 0.3) is 5.91 Å². The normalized spacial score (nSPS) is 10.6. The summed E-state index contributed by atoms with van der Waals surface area (Å²) in [7, 11) is 1.75. The lowest BCUT2D eigenvalue weighted by Crippen LogP contribution is -2.11. The Hall–Kier alpha value is -2.89. The Bertz CT molecular complexity index is 792. The van der Waals surface area contributed by atoms with Crippen molar-refractivity contribution in [1.82, 2.24) is 9.78 Å². The van der Waals surface area contributed by atoms with Gasteiger partial charge in [0.2, 0.25) is 0 Å². The fourth-order valence-corrected chi connectivity index (χ4v) is 1.93. The molecule has 3 aromatic rings. The predicted octanol–water partition coefficient (Wildman–Crippen LogP) is 3.07. The lowest BCUT2D eigenvalue weighted by Gasteiger charge is -2.00. The molecule has 1 amide bonds. The van der Waals surface area contributed by atoms with E-state index in [4.69, 9.17) is 4.42 Å². The number of carbonyl (C=O) groups is 1. The highest BCUT2D eigenvalue weighted by Crippen LogP contribution is 2.25. The second kappa shape index (κ2) is 5.24. The third-order valence-electron chi connectivity index (χ3n) is 2.92. The molecule has 6 heteroatoms. The van der Waals surface area contributed by atoms with Crippen LogP contribution in [0.2, 0.25) is 0 Å². The van der Waals surface area contributed by atoms with Crippen molar-refractivity contribution in [2.45, 2.75) is 0 Å². The van der Waals surface area contributed by atoms with Crippen LogP contribution in [0, 0.1) is 5.82 Å². The topological polar surface area (TPSA) is 60.1 Å². The van der Waals surface area contributed by atoms with Gasteiger partial charge in [0, 0.05) is 19.3 Å². The molecule has 1 aromatic carbocycles. The zero-order chi connectivity index (χ0) is 14.8. The van der Waals surface area contributed by atoms with Crippen molar-refractivity contribution < 1.29 is 13.6 Å². The molecule has 1 N–H and O–H groups in total. The first-order chi connectivity index (χ1) is 10.1. The van der Waals surface area contributed by atoms with Gasteiger partial charge in [-0.3, -0.25) is 9.48 Å². The van der Waals surface area contributed by atoms with E-state index in [0.29, 0.717) is 17.1 Å². The number of carbonyl (C=O) groups excluding carboxylic acids is 1. The molecule has 106 valence electrons. The summed E-state index contributed by atoms with van der Waals surface area (Å²) in [6.45, 7) is 0. The SMILES string of the molecule is Cn1ccc(NC(=O)c2ccc(-c3ccccc3F)o2)n1. The maximum Gasteiger partial charge on any atom is 0.292 e. The highest BCUT2D eigenvalue weighted by Gasteiger charge is 2.15. The van der Waals surface area contributed by atoms with Crippen LogP contribution < -0.4 is 5.32 Å². The zero-order valence-corrected chi connectivity index (χ0v) is 11.2. The first kappa shape index (κ1) is 13.1. The van der Waals surface area contributed by atoms with Gasteiger partial charge in [-0.15, -0.1) is 0 Å². The van der Waals surface area contributed by atoms with E-state index in [-0.39, 0.29) is 5.76 Å². The van der Waals surface area contributed by atoms with Crippen LogP contribution in [0.25, 0.3) is 11.3 Å². The van der Waals surface area contributed by atoms with Gasteiger partial charge in [0.05, 0.1) is 5.56 Å². The second-order valence-corrected chi connectivity index (χ2v) is 4.47. The smallest absolute Gasteiger partial charge is 0.292 e. The van der Waals surface area contributed by atoms with E-state index < -0.39 is 11.7 Å². The number of anilines is 1. The summed E-state index contributed by atoms with van der Waals surface area (Å²) < 4.78 is 20.6. The van der Waals surface area contributed by atoms with Crippen LogP contribution in [-0.2, 0) is 7.05 Å². The number of aromatic nitrogens is 2. The zero-order valence-electron chi connectivity index (χ0n) is 11.2. The van der Waals surface area contributed by atoms with Crippen molar-refractivity contribution in [2.75, 3.05) is 5.32 Å². The lowest BCUT2D eigenvalue weighted by atomic mass is 10.1. The van der Waals surface area contributed by atoms with Crippen molar-refractivity contribution in [3.8, 4) is 11.3 Å². The Kier molecular flexibility index (Phi) is 3.27. The number of halogens is 1. The Morgan fingerprint density at radius 1 is 1.24 bits per heavy atom. The quantitative estimate of drug-likeness (QED) is 0.804. The van der Waals surface area contributed by atoms with Crippen LogP contribution in [0.15, 0.2) is 53.1 Å². The van der Waals surface area contributed by atoms with Gasteiger partial charge in [-0.2, -0.15) is 5.10 Å². The Balaban J connectivity index is 1.82. The number of furan rings is 1. The van der Waals surface area contributed by atoms with E-state index >= 15 is 0 Å². The Morgan fingerprint density at radius 2 is 2.05 bits per heavy atom. The largest absolute Gasteiger partial charge is 0.451 e. The molecule has 2 aromatic heterocycles. The molecule has 2 heterocycles. The first-order valence-electron chi connectivity index (χ1n) is 6.29. The summed E-state index contributed by atoms with van der Waals surface area (Å²) in [5, 5.41) is 6.64. The van der Waals surface area contributed by atoms with Crippen LogP contribution in [0.4, 0.5) is 10.2 Å². The molecule has 21 heavy (non-hydrogen) atoms. The van der Waals surface area contributed by atoms with Gasteiger partial charge in [0.15, 0.2) is 11.6 Å². The molecular formula is C15H12FN3O2. The van der Waals surface area contributed by atoms with Gasteiger partial charge >= 0.3 is 0 Å². The highest BCUT2D eigenvalue weighted by molar-refractivity contribution is 6.02. The molecule has 0 saturated carbocycles. The van der Waals surface area contributed by atoms with E-state index in [1.807, 2.05) is 0 Å². The van der Waals surface area contributed by atoms with Crippen LogP contribution >= 0.6 is 0 Å². The van der Waals surface area contributed by atoms with Gasteiger partial charge in [0.1, 0.15) is 11.6 Å². The molecule has 0 radical (unpaired) electrons. The number of nitrogens with one attached hydrogen (secondary N) is 1. The minimum absolute atomic E-state index is 0.0962. The molecule has 0 saturated heterocycles. The number of nitrogens with zero attached hydrogens (tertiary/aromatic N) is 2. The van der Waals surface area contributed by atoms with Crippen LogP contribution in [0.1, 0.15) is 10.6 Å². The van der Waals surface area contributed by atoms with Crippen molar-refractivity contribution >= 4 is 11.7 Å². The summed E-state index contributed by atoms with van der Waals surface area (Å²) >= 11 is 0. The van der Waals surface area contributed by atoms with Gasteiger partial charge in [-0.05, 0) is 24.3 Å². The molecule has 0 aliphatic carbocycles. The summed E-state index contributed by atoms with van der Waals surface area (Å²) in [5.74, 6) is -0.00987. The van der Waals surface area contributed by atoms with Gasteiger partial charge < -0.3 is 9.73 Å². The lowest BCUT2D eigenvalue weighted by molar-refractivity contribution is 0.0997. The number of hydrogen-bond acceptors (Lipinski definition) is 3. The van der Waals surface area contributed by atoms with E-state index in [2.05, 4.69) is 10.4 Å². The molecule has 0 bridgehead atoms. The minimum atomic E-state index is -0.434. The summed E-state index contributed by atoms with van der Waals surface area (Å²) in [6.07, 6.45) is 1.71. The van der Waals surface area contributed by atoms with E-state index in [9.17, 15) is 9.18 Å². The monoisotopic (exact) mass is 285 g/mol. The van der Waals surface area contributed by atoms with Crippen molar-refractivity contribution in [3.63, 3.8) is 0 Å². The number of hydrogen-bond donors (Lipinski definition) is 1. The maximum absolute atomic E-state index is 13.7. The number of aryl methyl sites for hydroxylation is 1. The van der Waals surface area contributed by atoms with E-state index in [1.54, 1.807) is 48.3 Å². The molecule has 0 aliphatic rings. The number of amides is 1. The fraction of sp³-hybridized carbons (Fsp3) is 0.0667. The summed E-state index contributed by atoms with van der Waals surface area (Å²) in [4.78, 5) is 12.0. The Morgan fingerprint density at radius 3 is 2.76 bits per heavy atom. The maximum atomic E-state index is 13.7. The van der Waals surface area contributed by atoms with Crippen LogP contribution in [0.5, 0.6) is 0 Å². The van der Waals surface area contributed by atoms with E-state index in [0.717, 1.165) is 0 Å². The summed E-state index contributed by atoms with van der Waals surface area (Å²) in [5.41, 5.74) is 0.314. The van der Waals surface area contributed by atoms with Gasteiger partial charge in [-0.1, -0.05) is 12.1 Å². The molecule has 0 fully saturated rings. The number of rotatable bonds is 3.